The molecule has 2 aromatic carbocycles. The van der Waals surface area contributed by atoms with Crippen molar-refractivity contribution >= 4 is 34.6 Å². The molecule has 1 aliphatic carbocycles. The lowest BCUT2D eigenvalue weighted by Gasteiger charge is -2.38. The van der Waals surface area contributed by atoms with Crippen molar-refractivity contribution in [2.45, 2.75) is 58.2 Å². The van der Waals surface area contributed by atoms with Gasteiger partial charge in [-0.1, -0.05) is 30.7 Å². The zero-order valence-electron chi connectivity index (χ0n) is 22.5. The molecule has 204 valence electrons. The number of hydrogen-bond donors (Lipinski definition) is 3. The number of aliphatic hydroxyl groups excluding tert-OH is 1. The van der Waals surface area contributed by atoms with E-state index in [2.05, 4.69) is 5.32 Å². The van der Waals surface area contributed by atoms with Crippen LogP contribution in [0.4, 0.5) is 21.5 Å². The van der Waals surface area contributed by atoms with Crippen molar-refractivity contribution in [1.29, 1.82) is 0 Å². The zero-order valence-corrected chi connectivity index (χ0v) is 23.2. The van der Waals surface area contributed by atoms with Crippen LogP contribution in [0.3, 0.4) is 0 Å². The highest BCUT2D eigenvalue weighted by molar-refractivity contribution is 6.31. The highest BCUT2D eigenvalue weighted by atomic mass is 35.5. The van der Waals surface area contributed by atoms with Crippen LogP contribution in [0.1, 0.15) is 50.3 Å². The number of amides is 1. The van der Waals surface area contributed by atoms with E-state index < -0.39 is 17.1 Å². The third-order valence-electron chi connectivity index (χ3n) is 7.46. The number of nitrogen functional groups attached to an aromatic ring is 1. The largest absolute Gasteiger partial charge is 0.497 e. The molecule has 1 heterocycles. The zero-order chi connectivity index (χ0) is 27.7. The Labute approximate surface area is 229 Å². The number of nitrogens with two attached hydrogens (primary N) is 1. The number of ether oxygens (including phenoxy) is 1. The van der Waals surface area contributed by atoms with Crippen LogP contribution in [-0.4, -0.2) is 37.3 Å². The third-order valence-corrected chi connectivity index (χ3v) is 7.74. The molecule has 1 aliphatic heterocycles. The van der Waals surface area contributed by atoms with Crippen molar-refractivity contribution < 1.29 is 19.0 Å². The van der Waals surface area contributed by atoms with Gasteiger partial charge in [0.2, 0.25) is 5.91 Å². The number of nitrogens with one attached hydrogen (secondary N) is 1. The molecule has 0 radical (unpaired) electrons. The number of aryl methyl sites for hydroxylation is 1. The van der Waals surface area contributed by atoms with E-state index in [4.69, 9.17) is 22.1 Å². The highest BCUT2D eigenvalue weighted by Crippen LogP contribution is 2.41. The van der Waals surface area contributed by atoms with Gasteiger partial charge >= 0.3 is 0 Å². The van der Waals surface area contributed by atoms with Crippen LogP contribution in [0.15, 0.2) is 53.6 Å². The van der Waals surface area contributed by atoms with Gasteiger partial charge in [0.1, 0.15) is 17.5 Å². The summed E-state index contributed by atoms with van der Waals surface area (Å²) in [5.74, 6) is 0.549. The van der Waals surface area contributed by atoms with Crippen molar-refractivity contribution in [2.24, 2.45) is 5.41 Å². The lowest BCUT2D eigenvalue weighted by Crippen LogP contribution is -2.51. The number of hydrogen-bond acceptors (Lipinski definition) is 5. The van der Waals surface area contributed by atoms with Crippen LogP contribution < -0.4 is 20.7 Å². The van der Waals surface area contributed by atoms with E-state index in [1.165, 1.54) is 13.8 Å². The van der Waals surface area contributed by atoms with Crippen molar-refractivity contribution in [1.82, 2.24) is 0 Å². The van der Waals surface area contributed by atoms with Gasteiger partial charge in [0.25, 0.3) is 0 Å². The first-order chi connectivity index (χ1) is 17.9. The van der Waals surface area contributed by atoms with E-state index in [1.807, 2.05) is 43.4 Å². The number of halogens is 2. The molecule has 8 heteroatoms. The molecule has 4 rings (SSSR count). The fraction of sp³-hybridized carbons (Fsp3) is 0.433. The average Bonchev–Trinajstić information content (AvgIpc) is 3.29. The average molecular weight is 542 g/mol. The van der Waals surface area contributed by atoms with E-state index in [-0.39, 0.29) is 12.5 Å². The predicted octanol–water partition coefficient (Wildman–Crippen LogP) is 5.87. The van der Waals surface area contributed by atoms with E-state index >= 15 is 0 Å². The second-order valence-corrected chi connectivity index (χ2v) is 11.3. The number of carbonyl (C=O) groups excluding carboxylic acids is 1. The van der Waals surface area contributed by atoms with Crippen molar-refractivity contribution in [2.75, 3.05) is 36.2 Å². The molecule has 0 saturated carbocycles. The summed E-state index contributed by atoms with van der Waals surface area (Å²) in [6.45, 7) is 5.54. The van der Waals surface area contributed by atoms with Crippen molar-refractivity contribution in [3.05, 3.63) is 70.3 Å². The van der Waals surface area contributed by atoms with Gasteiger partial charge in [0.05, 0.1) is 7.11 Å². The van der Waals surface area contributed by atoms with E-state index in [9.17, 15) is 14.3 Å². The van der Waals surface area contributed by atoms with Gasteiger partial charge < -0.3 is 25.8 Å². The lowest BCUT2D eigenvalue weighted by atomic mass is 9.76. The van der Waals surface area contributed by atoms with Gasteiger partial charge in [0, 0.05) is 52.3 Å². The second-order valence-electron chi connectivity index (χ2n) is 10.9. The molecule has 1 amide bonds. The number of benzene rings is 2. The molecule has 0 bridgehead atoms. The smallest absolute Gasteiger partial charge is 0.250 e. The number of aliphatic hydroxyl groups is 1. The molecule has 0 saturated heterocycles. The standard InChI is InChI=1S/C30H37ClFN3O3/c1-29(2,32)24-18-26-20(16-25(24)33)9-12-35(26)28(37)27(30(3)10-7-21(31)8-11-30)34-22-14-19(6-5-13-36)15-23(17-22)38-4/h7-8,10,14-18,27,34,36H,5-6,9,11-13,33H2,1-4H3. The Hall–Kier alpha value is -3.03. The first kappa shape index (κ1) is 28.0. The van der Waals surface area contributed by atoms with E-state index in [0.717, 1.165) is 16.8 Å². The summed E-state index contributed by atoms with van der Waals surface area (Å²) in [5, 5.41) is 13.4. The molecule has 0 aromatic heterocycles. The van der Waals surface area contributed by atoms with E-state index in [0.29, 0.717) is 59.9 Å². The van der Waals surface area contributed by atoms with Gasteiger partial charge in [-0.05, 0) is 81.0 Å². The molecule has 0 fully saturated rings. The Kier molecular flexibility index (Phi) is 8.09. The van der Waals surface area contributed by atoms with Crippen LogP contribution in [0, 0.1) is 5.41 Å². The Morgan fingerprint density at radius 3 is 2.71 bits per heavy atom. The van der Waals surface area contributed by atoms with Crippen molar-refractivity contribution in [3.63, 3.8) is 0 Å². The number of methoxy groups -OCH3 is 1. The number of alkyl halides is 1. The predicted molar refractivity (Wildman–Crippen MR) is 153 cm³/mol. The van der Waals surface area contributed by atoms with Gasteiger partial charge in [-0.15, -0.1) is 0 Å². The number of rotatable bonds is 9. The Balaban J connectivity index is 1.74. The third kappa shape index (κ3) is 5.84. The molecule has 38 heavy (non-hydrogen) atoms. The molecule has 2 atom stereocenters. The first-order valence-electron chi connectivity index (χ1n) is 13.0. The van der Waals surface area contributed by atoms with Crippen molar-refractivity contribution in [3.8, 4) is 5.75 Å². The van der Waals surface area contributed by atoms with Crippen LogP contribution in [-0.2, 0) is 23.3 Å². The maximum Gasteiger partial charge on any atom is 0.250 e. The molecular formula is C30H37ClFN3O3. The normalized spacial score (nSPS) is 19.7. The maximum atomic E-state index is 15.0. The van der Waals surface area contributed by atoms with Crippen LogP contribution in [0.25, 0.3) is 0 Å². The van der Waals surface area contributed by atoms with Crippen LogP contribution in [0.2, 0.25) is 0 Å². The molecule has 0 spiro atoms. The number of anilines is 3. The van der Waals surface area contributed by atoms with Crippen LogP contribution in [0.5, 0.6) is 5.75 Å². The molecule has 2 aromatic rings. The molecule has 2 aliphatic rings. The Bertz CT molecular complexity index is 1270. The quantitative estimate of drug-likeness (QED) is 0.346. The first-order valence-corrected chi connectivity index (χ1v) is 13.4. The number of carbonyl (C=O) groups is 1. The second kappa shape index (κ2) is 11.0. The summed E-state index contributed by atoms with van der Waals surface area (Å²) in [6.07, 6.45) is 8.25. The number of nitrogens with zero attached hydrogens (tertiary/aromatic N) is 1. The minimum Gasteiger partial charge on any atom is -0.497 e. The molecular weight excluding hydrogens is 505 g/mol. The highest BCUT2D eigenvalue weighted by Gasteiger charge is 2.42. The SMILES string of the molecule is COc1cc(CCCO)cc(NC(C(=O)N2CCc3cc(N)c(C(C)(C)F)cc32)C2(C)C=CC(Cl)=CC2)c1. The topological polar surface area (TPSA) is 87.8 Å². The van der Waals surface area contributed by atoms with Crippen LogP contribution >= 0.6 is 11.6 Å². The molecule has 4 N–H and O–H groups in total. The number of fused-ring (bicyclic) bond motifs is 1. The monoisotopic (exact) mass is 541 g/mol. The Morgan fingerprint density at radius 1 is 1.32 bits per heavy atom. The summed E-state index contributed by atoms with van der Waals surface area (Å²) in [5.41, 5.74) is 8.10. The Morgan fingerprint density at radius 2 is 2.08 bits per heavy atom. The summed E-state index contributed by atoms with van der Waals surface area (Å²) in [6, 6.07) is 8.65. The fourth-order valence-electron chi connectivity index (χ4n) is 5.26. The number of allylic oxidation sites excluding steroid dienone is 3. The van der Waals surface area contributed by atoms with E-state index in [1.54, 1.807) is 24.1 Å². The van der Waals surface area contributed by atoms with Gasteiger partial charge in [-0.3, -0.25) is 4.79 Å². The summed E-state index contributed by atoms with van der Waals surface area (Å²) < 4.78 is 20.5. The minimum atomic E-state index is -1.64. The lowest BCUT2D eigenvalue weighted by molar-refractivity contribution is -0.121. The summed E-state index contributed by atoms with van der Waals surface area (Å²) in [4.78, 5) is 16.1. The van der Waals surface area contributed by atoms with Gasteiger partial charge in [-0.25, -0.2) is 4.39 Å². The summed E-state index contributed by atoms with van der Waals surface area (Å²) in [7, 11) is 1.60. The fourth-order valence-corrected chi connectivity index (χ4v) is 5.40. The maximum absolute atomic E-state index is 15.0. The minimum absolute atomic E-state index is 0.0909. The molecule has 2 unspecified atom stereocenters. The molecule has 6 nitrogen and oxygen atoms in total. The van der Waals surface area contributed by atoms with Gasteiger partial charge in [-0.2, -0.15) is 0 Å². The van der Waals surface area contributed by atoms with Gasteiger partial charge in [0.15, 0.2) is 0 Å². The summed E-state index contributed by atoms with van der Waals surface area (Å²) >= 11 is 6.24.